The first-order chi connectivity index (χ1) is 13.3. The van der Waals surface area contributed by atoms with E-state index in [2.05, 4.69) is 29.6 Å². The van der Waals surface area contributed by atoms with Crippen LogP contribution in [-0.2, 0) is 16.0 Å². The van der Waals surface area contributed by atoms with Gasteiger partial charge in [-0.2, -0.15) is 0 Å². The molecule has 0 aliphatic carbocycles. The van der Waals surface area contributed by atoms with E-state index in [1.807, 2.05) is 41.3 Å². The van der Waals surface area contributed by atoms with Crippen LogP contribution in [0.5, 0.6) is 0 Å². The highest BCUT2D eigenvalue weighted by Crippen LogP contribution is 2.28. The molecular weight excluding hydrogens is 336 g/mol. The van der Waals surface area contributed by atoms with Crippen molar-refractivity contribution in [2.45, 2.75) is 31.7 Å². The van der Waals surface area contributed by atoms with Crippen LogP contribution in [0.3, 0.4) is 0 Å². The van der Waals surface area contributed by atoms with Gasteiger partial charge in [-0.25, -0.2) is 0 Å². The van der Waals surface area contributed by atoms with Gasteiger partial charge >= 0.3 is 0 Å². The molecule has 1 N–H and O–H groups in total. The van der Waals surface area contributed by atoms with Crippen LogP contribution in [0.1, 0.15) is 24.8 Å². The second kappa shape index (κ2) is 10.2. The van der Waals surface area contributed by atoms with E-state index >= 15 is 0 Å². The molecule has 0 aromatic heterocycles. The van der Waals surface area contributed by atoms with Crippen molar-refractivity contribution in [3.8, 4) is 0 Å². The van der Waals surface area contributed by atoms with Crippen LogP contribution in [-0.4, -0.2) is 38.8 Å². The van der Waals surface area contributed by atoms with Crippen molar-refractivity contribution in [1.82, 2.24) is 5.32 Å². The quantitative estimate of drug-likeness (QED) is 0.775. The molecule has 2 aromatic rings. The number of amides is 1. The summed E-state index contributed by atoms with van der Waals surface area (Å²) in [4.78, 5) is 15.0. The number of para-hydroxylation sites is 1. The van der Waals surface area contributed by atoms with Gasteiger partial charge in [-0.3, -0.25) is 4.79 Å². The predicted octanol–water partition coefficient (Wildman–Crippen LogP) is 3.67. The van der Waals surface area contributed by atoms with Crippen molar-refractivity contribution in [3.05, 3.63) is 66.2 Å². The van der Waals surface area contributed by atoms with Crippen LogP contribution in [0.15, 0.2) is 60.7 Å². The Labute approximate surface area is 162 Å². The first-order valence-electron chi connectivity index (χ1n) is 9.90. The molecule has 1 fully saturated rings. The van der Waals surface area contributed by atoms with Crippen LogP contribution < -0.4 is 10.2 Å². The number of rotatable bonds is 8. The van der Waals surface area contributed by atoms with Crippen molar-refractivity contribution in [2.24, 2.45) is 5.92 Å². The number of carbonyl (C=O) groups excluding carboxylic acids is 1. The largest absolute Gasteiger partial charge is 0.375 e. The van der Waals surface area contributed by atoms with E-state index in [9.17, 15) is 4.79 Å². The summed E-state index contributed by atoms with van der Waals surface area (Å²) in [7, 11) is 1.59. The first kappa shape index (κ1) is 19.6. The molecule has 144 valence electrons. The van der Waals surface area contributed by atoms with E-state index in [0.717, 1.165) is 44.5 Å². The van der Waals surface area contributed by atoms with Crippen LogP contribution in [0.25, 0.3) is 0 Å². The summed E-state index contributed by atoms with van der Waals surface area (Å²) in [6.07, 6.45) is 4.22. The summed E-state index contributed by atoms with van der Waals surface area (Å²) in [5.41, 5.74) is 2.28. The highest BCUT2D eigenvalue weighted by molar-refractivity contribution is 5.95. The normalized spacial score (nSPS) is 18.0. The molecular formula is C23H30N2O2. The second-order valence-electron chi connectivity index (χ2n) is 7.23. The zero-order chi connectivity index (χ0) is 18.9. The van der Waals surface area contributed by atoms with Gasteiger partial charge in [0.1, 0.15) is 6.61 Å². The Bertz CT molecular complexity index is 684. The van der Waals surface area contributed by atoms with Gasteiger partial charge in [-0.15, -0.1) is 0 Å². The zero-order valence-corrected chi connectivity index (χ0v) is 16.1. The Morgan fingerprint density at radius 1 is 1.15 bits per heavy atom. The minimum Gasteiger partial charge on any atom is -0.375 e. The lowest BCUT2D eigenvalue weighted by molar-refractivity contribution is -0.123. The number of carbonyl (C=O) groups is 1. The number of benzene rings is 2. The van der Waals surface area contributed by atoms with Gasteiger partial charge in [-0.05, 0) is 62.4 Å². The first-order valence-corrected chi connectivity index (χ1v) is 9.90. The molecule has 1 aliphatic rings. The van der Waals surface area contributed by atoms with Gasteiger partial charge in [0.25, 0.3) is 5.91 Å². The number of methoxy groups -OCH3 is 1. The summed E-state index contributed by atoms with van der Waals surface area (Å²) in [5.74, 6) is 0.482. The number of nitrogens with zero attached hydrogens (tertiary/aromatic N) is 1. The molecule has 1 saturated heterocycles. The van der Waals surface area contributed by atoms with E-state index in [1.165, 1.54) is 5.56 Å². The summed E-state index contributed by atoms with van der Waals surface area (Å²) in [6, 6.07) is 20.7. The molecule has 1 heterocycles. The van der Waals surface area contributed by atoms with E-state index < -0.39 is 0 Å². The van der Waals surface area contributed by atoms with E-state index in [0.29, 0.717) is 5.92 Å². The average molecular weight is 367 g/mol. The van der Waals surface area contributed by atoms with Gasteiger partial charge < -0.3 is 15.0 Å². The molecule has 4 nitrogen and oxygen atoms in total. The second-order valence-corrected chi connectivity index (χ2v) is 7.23. The van der Waals surface area contributed by atoms with E-state index in [-0.39, 0.29) is 18.6 Å². The van der Waals surface area contributed by atoms with Crippen molar-refractivity contribution in [2.75, 3.05) is 31.7 Å². The minimum atomic E-state index is 0.0346. The van der Waals surface area contributed by atoms with Crippen LogP contribution in [0.2, 0.25) is 0 Å². The lowest BCUT2D eigenvalue weighted by Crippen LogP contribution is -2.50. The maximum absolute atomic E-state index is 13.0. The van der Waals surface area contributed by atoms with Crippen LogP contribution >= 0.6 is 0 Å². The molecule has 2 unspecified atom stereocenters. The molecule has 1 amide bonds. The number of anilines is 1. The SMILES string of the molecule is COCC(=O)N(c1ccccc1)C(CCc1ccccc1)C1CCCNC1. The molecule has 4 heteroatoms. The van der Waals surface area contributed by atoms with Gasteiger partial charge in [0.05, 0.1) is 0 Å². The molecule has 3 rings (SSSR count). The fourth-order valence-electron chi connectivity index (χ4n) is 4.04. The molecule has 1 aliphatic heterocycles. The zero-order valence-electron chi connectivity index (χ0n) is 16.1. The fraction of sp³-hybridized carbons (Fsp3) is 0.435. The Hall–Kier alpha value is -2.17. The van der Waals surface area contributed by atoms with Crippen LogP contribution in [0, 0.1) is 5.92 Å². The van der Waals surface area contributed by atoms with Crippen LogP contribution in [0.4, 0.5) is 5.69 Å². The molecule has 27 heavy (non-hydrogen) atoms. The number of hydrogen-bond acceptors (Lipinski definition) is 3. The maximum atomic E-state index is 13.0. The summed E-state index contributed by atoms with van der Waals surface area (Å²) >= 11 is 0. The van der Waals surface area contributed by atoms with E-state index in [1.54, 1.807) is 7.11 Å². The van der Waals surface area contributed by atoms with Gasteiger partial charge in [-0.1, -0.05) is 48.5 Å². The lowest BCUT2D eigenvalue weighted by Gasteiger charge is -2.39. The molecule has 0 saturated carbocycles. The predicted molar refractivity (Wildman–Crippen MR) is 110 cm³/mol. The summed E-state index contributed by atoms with van der Waals surface area (Å²) in [6.45, 7) is 2.14. The molecule has 0 spiro atoms. The summed E-state index contributed by atoms with van der Waals surface area (Å²) < 4.78 is 5.20. The molecule has 0 radical (unpaired) electrons. The van der Waals surface area contributed by atoms with Gasteiger partial charge in [0.15, 0.2) is 0 Å². The maximum Gasteiger partial charge on any atom is 0.253 e. The Morgan fingerprint density at radius 2 is 1.85 bits per heavy atom. The monoisotopic (exact) mass is 366 g/mol. The minimum absolute atomic E-state index is 0.0346. The summed E-state index contributed by atoms with van der Waals surface area (Å²) in [5, 5.41) is 3.52. The Balaban J connectivity index is 1.87. The topological polar surface area (TPSA) is 41.6 Å². The lowest BCUT2D eigenvalue weighted by atomic mass is 9.86. The van der Waals surface area contributed by atoms with E-state index in [4.69, 9.17) is 4.74 Å². The standard InChI is InChI=1S/C23H30N2O2/c1-27-18-23(26)25(21-12-6-3-7-13-21)22(20-11-8-16-24-17-20)15-14-19-9-4-2-5-10-19/h2-7,9-10,12-13,20,22,24H,8,11,14-18H2,1H3. The third-order valence-electron chi connectivity index (χ3n) is 5.35. The van der Waals surface area contributed by atoms with Crippen molar-refractivity contribution in [1.29, 1.82) is 0 Å². The third-order valence-corrected chi connectivity index (χ3v) is 5.35. The number of piperidine rings is 1. The highest BCUT2D eigenvalue weighted by atomic mass is 16.5. The highest BCUT2D eigenvalue weighted by Gasteiger charge is 2.32. The molecule has 0 bridgehead atoms. The number of nitrogens with one attached hydrogen (secondary N) is 1. The Kier molecular flexibility index (Phi) is 7.43. The number of hydrogen-bond donors (Lipinski definition) is 1. The number of ether oxygens (including phenoxy) is 1. The number of aryl methyl sites for hydroxylation is 1. The third kappa shape index (κ3) is 5.41. The van der Waals surface area contributed by atoms with Gasteiger partial charge in [0, 0.05) is 18.8 Å². The fourth-order valence-corrected chi connectivity index (χ4v) is 4.04. The molecule has 2 aromatic carbocycles. The van der Waals surface area contributed by atoms with Crippen molar-refractivity contribution in [3.63, 3.8) is 0 Å². The Morgan fingerprint density at radius 3 is 2.48 bits per heavy atom. The van der Waals surface area contributed by atoms with Crippen molar-refractivity contribution >= 4 is 11.6 Å². The van der Waals surface area contributed by atoms with Crippen molar-refractivity contribution < 1.29 is 9.53 Å². The molecule has 2 atom stereocenters. The smallest absolute Gasteiger partial charge is 0.253 e. The average Bonchev–Trinajstić information content (AvgIpc) is 2.73. The van der Waals surface area contributed by atoms with Gasteiger partial charge in [0.2, 0.25) is 0 Å².